The summed E-state index contributed by atoms with van der Waals surface area (Å²) in [6.07, 6.45) is -3.14. The summed E-state index contributed by atoms with van der Waals surface area (Å²) in [7, 11) is 0. The number of aliphatic hydroxyl groups is 2. The SMILES string of the molecule is CC(C)C[C@H](NC(=O)[C@@H]1CCCN1C(=O)[C@H](CO)NC(=O)[C@H](CC(=O)O)NC(=O)[C@@H](NC(=O)[C@H](CC(N)=O)NC(=O)[C@H](CS)NC(=O)[C@H](CC(C)C)NC(=O)[C@H](C)N)[C@@H](C)O)C(=O)O. The molecule has 1 fully saturated rings. The molecule has 1 heterocycles. The number of carboxylic acid groups (broad SMARTS) is 2. The molecule has 1 aliphatic heterocycles. The lowest BCUT2D eigenvalue weighted by atomic mass is 10.0. The van der Waals surface area contributed by atoms with E-state index in [9.17, 15) is 73.2 Å². The van der Waals surface area contributed by atoms with Gasteiger partial charge in [0.1, 0.15) is 48.3 Å². The molecule has 0 aromatic rings. The van der Waals surface area contributed by atoms with Crippen LogP contribution in [0.25, 0.3) is 0 Å². The molecule has 0 aromatic heterocycles. The van der Waals surface area contributed by atoms with E-state index in [2.05, 4.69) is 49.8 Å². The van der Waals surface area contributed by atoms with Gasteiger partial charge in [-0.1, -0.05) is 27.7 Å². The second kappa shape index (κ2) is 26.9. The smallest absolute Gasteiger partial charge is 0.326 e. The quantitative estimate of drug-likeness (QED) is 0.0342. The van der Waals surface area contributed by atoms with Crippen molar-refractivity contribution in [1.82, 2.24) is 42.1 Å². The standard InChI is InChI=1S/C38H64N10O15S/c1-16(2)10-20(41-30(54)18(5)39)31(55)46-25(15-64)34(58)42-21(12-27(40)51)33(57)47-29(19(6)50)36(60)43-22(13-28(52)53)32(56)45-24(14-49)37(61)48-9-7-8-26(48)35(59)44-23(38(62)63)11-17(3)4/h16-26,29,49-50,64H,7-15,39H2,1-6H3,(H2,40,51)(H,41,54)(H,42,58)(H,43,60)(H,44,59)(H,45,56)(H,46,55)(H,47,57)(H,52,53)(H,62,63)/t18-,19+,20-,21-,22-,23-,24-,25-,26-,29-/m0/s1. The van der Waals surface area contributed by atoms with Crippen molar-refractivity contribution in [2.75, 3.05) is 18.9 Å². The van der Waals surface area contributed by atoms with Crippen molar-refractivity contribution in [3.8, 4) is 0 Å². The zero-order valence-electron chi connectivity index (χ0n) is 36.6. The van der Waals surface area contributed by atoms with Crippen LogP contribution in [-0.2, 0) is 52.7 Å². The largest absolute Gasteiger partial charge is 0.481 e. The number of hydrogen-bond donors (Lipinski definition) is 14. The second-order valence-electron chi connectivity index (χ2n) is 16.3. The van der Waals surface area contributed by atoms with Gasteiger partial charge >= 0.3 is 11.9 Å². The Bertz CT molecular complexity index is 1720. The predicted octanol–water partition coefficient (Wildman–Crippen LogP) is -5.45. The summed E-state index contributed by atoms with van der Waals surface area (Å²) in [5.74, 6) is -12.9. The molecule has 0 bridgehead atoms. The number of rotatable bonds is 27. The average Bonchev–Trinajstić information content (AvgIpc) is 3.68. The third-order valence-corrected chi connectivity index (χ3v) is 10.0. The molecular formula is C38H64N10O15S. The predicted molar refractivity (Wildman–Crippen MR) is 227 cm³/mol. The molecule has 26 heteroatoms. The first-order chi connectivity index (χ1) is 29.7. The summed E-state index contributed by atoms with van der Waals surface area (Å²) >= 11 is 4.09. The van der Waals surface area contributed by atoms with Crippen molar-refractivity contribution in [3.05, 3.63) is 0 Å². The number of primary amides is 1. The van der Waals surface area contributed by atoms with Crippen LogP contribution in [0.5, 0.6) is 0 Å². The Hall–Kier alpha value is -5.60. The number of nitrogens with one attached hydrogen (secondary N) is 7. The van der Waals surface area contributed by atoms with E-state index >= 15 is 0 Å². The molecule has 1 aliphatic rings. The molecule has 25 nitrogen and oxygen atoms in total. The first kappa shape index (κ1) is 56.4. The maximum atomic E-state index is 13.5. The number of aliphatic carboxylic acids is 2. The Morgan fingerprint density at radius 3 is 1.59 bits per heavy atom. The van der Waals surface area contributed by atoms with Crippen molar-refractivity contribution in [2.24, 2.45) is 23.3 Å². The van der Waals surface area contributed by atoms with Crippen molar-refractivity contribution in [3.63, 3.8) is 0 Å². The normalized spacial score (nSPS) is 17.8. The number of carboxylic acids is 2. The molecule has 0 spiro atoms. The third-order valence-electron chi connectivity index (χ3n) is 9.64. The van der Waals surface area contributed by atoms with Gasteiger partial charge in [-0.25, -0.2) is 4.79 Å². The number of amides is 9. The Morgan fingerprint density at radius 1 is 0.641 bits per heavy atom. The van der Waals surface area contributed by atoms with Crippen LogP contribution in [0.4, 0.5) is 0 Å². The fourth-order valence-corrected chi connectivity index (χ4v) is 6.64. The van der Waals surface area contributed by atoms with Gasteiger partial charge in [0.05, 0.1) is 31.6 Å². The minimum absolute atomic E-state index is 0.0234. The highest BCUT2D eigenvalue weighted by atomic mass is 32.1. The number of carbonyl (C=O) groups excluding carboxylic acids is 9. The first-order valence-electron chi connectivity index (χ1n) is 20.6. The summed E-state index contributed by atoms with van der Waals surface area (Å²) in [6, 6.07) is -13.6. The molecule has 64 heavy (non-hydrogen) atoms. The average molecular weight is 933 g/mol. The lowest BCUT2D eigenvalue weighted by Crippen LogP contribution is -2.62. The highest BCUT2D eigenvalue weighted by Crippen LogP contribution is 2.20. The molecule has 0 radical (unpaired) electrons. The molecule has 0 aliphatic carbocycles. The number of likely N-dealkylation sites (tertiary alicyclic amines) is 1. The van der Waals surface area contributed by atoms with Gasteiger partial charge in [0.2, 0.25) is 53.2 Å². The van der Waals surface area contributed by atoms with Crippen molar-refractivity contribution in [1.29, 1.82) is 0 Å². The van der Waals surface area contributed by atoms with E-state index in [1.807, 2.05) is 0 Å². The summed E-state index contributed by atoms with van der Waals surface area (Å²) in [5.41, 5.74) is 10.9. The maximum absolute atomic E-state index is 13.5. The first-order valence-corrected chi connectivity index (χ1v) is 21.2. The zero-order chi connectivity index (χ0) is 49.2. The lowest BCUT2D eigenvalue weighted by molar-refractivity contribution is -0.146. The van der Waals surface area contributed by atoms with E-state index in [0.29, 0.717) is 6.42 Å². The Balaban J connectivity index is 3.23. The van der Waals surface area contributed by atoms with Crippen LogP contribution in [0.15, 0.2) is 0 Å². The van der Waals surface area contributed by atoms with Gasteiger partial charge in [0.25, 0.3) is 0 Å². The minimum atomic E-state index is -2.02. The lowest BCUT2D eigenvalue weighted by Gasteiger charge is -2.30. The molecule has 15 N–H and O–H groups in total. The third kappa shape index (κ3) is 18.6. The van der Waals surface area contributed by atoms with Gasteiger partial charge in [-0.2, -0.15) is 12.6 Å². The van der Waals surface area contributed by atoms with E-state index in [-0.39, 0.29) is 43.4 Å². The van der Waals surface area contributed by atoms with E-state index < -0.39 is 145 Å². The van der Waals surface area contributed by atoms with E-state index in [4.69, 9.17) is 11.5 Å². The zero-order valence-corrected chi connectivity index (χ0v) is 37.5. The highest BCUT2D eigenvalue weighted by Gasteiger charge is 2.41. The van der Waals surface area contributed by atoms with Gasteiger partial charge < -0.3 is 74.0 Å². The van der Waals surface area contributed by atoms with Crippen LogP contribution >= 0.6 is 12.6 Å². The molecule has 1 saturated heterocycles. The fraction of sp³-hybridized carbons (Fsp3) is 0.711. The Labute approximate surface area is 375 Å². The second-order valence-corrected chi connectivity index (χ2v) is 16.7. The number of carbonyl (C=O) groups is 11. The van der Waals surface area contributed by atoms with Crippen LogP contribution in [0, 0.1) is 11.8 Å². The van der Waals surface area contributed by atoms with Crippen molar-refractivity contribution < 1.29 is 73.2 Å². The fourth-order valence-electron chi connectivity index (χ4n) is 6.38. The number of nitrogens with zero attached hydrogens (tertiary/aromatic N) is 1. The van der Waals surface area contributed by atoms with Crippen molar-refractivity contribution in [2.45, 2.75) is 141 Å². The van der Waals surface area contributed by atoms with Crippen LogP contribution in [0.2, 0.25) is 0 Å². The number of thiol groups is 1. The van der Waals surface area contributed by atoms with Gasteiger partial charge in [0, 0.05) is 12.3 Å². The molecule has 362 valence electrons. The summed E-state index contributed by atoms with van der Waals surface area (Å²) in [5, 5.41) is 55.5. The van der Waals surface area contributed by atoms with Gasteiger partial charge in [-0.05, 0) is 51.4 Å². The van der Waals surface area contributed by atoms with E-state index in [1.54, 1.807) is 27.7 Å². The molecule has 0 unspecified atom stereocenters. The molecular weight excluding hydrogens is 869 g/mol. The summed E-state index contributed by atoms with van der Waals surface area (Å²) in [4.78, 5) is 142. The van der Waals surface area contributed by atoms with Crippen molar-refractivity contribution >= 4 is 77.7 Å². The number of aliphatic hydroxyl groups excluding tert-OH is 2. The summed E-state index contributed by atoms with van der Waals surface area (Å²) < 4.78 is 0. The highest BCUT2D eigenvalue weighted by molar-refractivity contribution is 7.80. The van der Waals surface area contributed by atoms with Gasteiger partial charge in [-0.3, -0.25) is 47.9 Å². The Kier molecular flexibility index (Phi) is 23.7. The maximum Gasteiger partial charge on any atom is 0.326 e. The Morgan fingerprint density at radius 2 is 1.11 bits per heavy atom. The van der Waals surface area contributed by atoms with Crippen LogP contribution in [-0.4, -0.2) is 170 Å². The molecule has 9 amide bonds. The number of nitrogens with two attached hydrogens (primary N) is 2. The monoisotopic (exact) mass is 932 g/mol. The molecule has 1 rings (SSSR count). The molecule has 10 atom stereocenters. The van der Waals surface area contributed by atoms with Crippen LogP contribution < -0.4 is 48.7 Å². The summed E-state index contributed by atoms with van der Waals surface area (Å²) in [6.45, 7) is 8.38. The van der Waals surface area contributed by atoms with E-state index in [1.165, 1.54) is 6.92 Å². The number of hydrogen-bond acceptors (Lipinski definition) is 15. The topological polar surface area (TPSA) is 408 Å². The van der Waals surface area contributed by atoms with E-state index in [0.717, 1.165) is 11.8 Å². The van der Waals surface area contributed by atoms with Gasteiger partial charge in [-0.15, -0.1) is 0 Å². The minimum Gasteiger partial charge on any atom is -0.481 e. The molecule has 0 aromatic carbocycles. The van der Waals surface area contributed by atoms with Crippen LogP contribution in [0.3, 0.4) is 0 Å². The molecule has 0 saturated carbocycles. The van der Waals surface area contributed by atoms with Crippen LogP contribution in [0.1, 0.15) is 80.1 Å². The van der Waals surface area contributed by atoms with Gasteiger partial charge in [0.15, 0.2) is 0 Å².